The highest BCUT2D eigenvalue weighted by Crippen LogP contribution is 2.39. The number of nitrogens with zero attached hydrogens (tertiary/aromatic N) is 4. The Kier molecular flexibility index (Phi) is 6.54. The first kappa shape index (κ1) is 26.2. The van der Waals surface area contributed by atoms with Crippen molar-refractivity contribution >= 4 is 23.0 Å². The lowest BCUT2D eigenvalue weighted by molar-refractivity contribution is -0.157. The van der Waals surface area contributed by atoms with E-state index in [4.69, 9.17) is 14.5 Å². The van der Waals surface area contributed by atoms with Gasteiger partial charge in [-0.2, -0.15) is 0 Å². The van der Waals surface area contributed by atoms with Crippen LogP contribution < -0.4 is 10.3 Å². The van der Waals surface area contributed by atoms with E-state index in [2.05, 4.69) is 4.90 Å². The van der Waals surface area contributed by atoms with Gasteiger partial charge in [0.05, 0.1) is 29.0 Å². The normalized spacial score (nSPS) is 20.9. The summed E-state index contributed by atoms with van der Waals surface area (Å²) in [5.41, 5.74) is 4.22. The quantitative estimate of drug-likeness (QED) is 0.380. The van der Waals surface area contributed by atoms with Crippen molar-refractivity contribution < 1.29 is 24.2 Å². The van der Waals surface area contributed by atoms with Crippen molar-refractivity contribution in [3.8, 4) is 17.1 Å². The Balaban J connectivity index is 1.14. The molecule has 7 rings (SSSR count). The number of aliphatic hydroxyl groups is 1. The number of aromatic nitrogens is 2. The Morgan fingerprint density at radius 1 is 1.07 bits per heavy atom. The van der Waals surface area contributed by atoms with E-state index in [9.17, 15) is 19.5 Å². The van der Waals surface area contributed by atoms with Crippen LogP contribution in [0, 0.1) is 0 Å². The minimum absolute atomic E-state index is 0.151. The summed E-state index contributed by atoms with van der Waals surface area (Å²) < 4.78 is 12.5. The first-order valence-electron chi connectivity index (χ1n) is 14.7. The molecule has 3 aromatic rings. The lowest BCUT2D eigenvalue weighted by atomic mass is 9.97. The lowest BCUT2D eigenvalue weighted by Crippen LogP contribution is -2.48. The van der Waals surface area contributed by atoms with Crippen molar-refractivity contribution in [3.05, 3.63) is 56.9 Å². The molecule has 0 spiro atoms. The first-order chi connectivity index (χ1) is 19.9. The van der Waals surface area contributed by atoms with Gasteiger partial charge in [0.1, 0.15) is 12.4 Å². The number of hydrogen-bond acceptors (Lipinski definition) is 8. The van der Waals surface area contributed by atoms with Crippen LogP contribution in [0.3, 0.4) is 0 Å². The highest BCUT2D eigenvalue weighted by Gasteiger charge is 2.35. The molecule has 2 aromatic heterocycles. The number of carbonyl (C=O) groups is 2. The molecular weight excluding hydrogens is 524 g/mol. The number of fused-ring (bicyclic) bond motifs is 5. The van der Waals surface area contributed by atoms with E-state index in [-0.39, 0.29) is 23.8 Å². The molecule has 4 aliphatic rings. The van der Waals surface area contributed by atoms with Gasteiger partial charge in [0.2, 0.25) is 0 Å². The SMILES string of the molecule is CCc1c2c(nc3ccc(OC(=O)N4CCC(N5CCCCC5)CC4)cc13)-c1cc3c(c(=O)n1C2)COC(=O)C3O. The predicted octanol–water partition coefficient (Wildman–Crippen LogP) is 3.53. The second kappa shape index (κ2) is 10.3. The number of aliphatic hydroxyl groups excluding tert-OH is 1. The third-order valence-electron chi connectivity index (χ3n) is 9.23. The Bertz CT molecular complexity index is 1620. The van der Waals surface area contributed by atoms with Gasteiger partial charge < -0.3 is 28.9 Å². The van der Waals surface area contributed by atoms with Crippen LogP contribution in [0.25, 0.3) is 22.3 Å². The molecule has 2 saturated heterocycles. The molecule has 2 fully saturated rings. The molecule has 41 heavy (non-hydrogen) atoms. The van der Waals surface area contributed by atoms with Gasteiger partial charge >= 0.3 is 12.1 Å². The van der Waals surface area contributed by atoms with Gasteiger partial charge in [-0.1, -0.05) is 13.3 Å². The maximum atomic E-state index is 13.3. The van der Waals surface area contributed by atoms with Gasteiger partial charge in [-0.05, 0) is 75.0 Å². The summed E-state index contributed by atoms with van der Waals surface area (Å²) in [5.74, 6) is -0.284. The van der Waals surface area contributed by atoms with Crippen LogP contribution >= 0.6 is 0 Å². The molecule has 1 atom stereocenters. The molecular formula is C31H34N4O6. The minimum Gasteiger partial charge on any atom is -0.458 e. The monoisotopic (exact) mass is 558 g/mol. The zero-order valence-electron chi connectivity index (χ0n) is 23.2. The van der Waals surface area contributed by atoms with E-state index in [0.29, 0.717) is 54.8 Å². The minimum atomic E-state index is -1.49. The molecule has 10 nitrogen and oxygen atoms in total. The topological polar surface area (TPSA) is 114 Å². The summed E-state index contributed by atoms with van der Waals surface area (Å²) in [5, 5.41) is 11.3. The number of benzene rings is 1. The molecule has 10 heteroatoms. The third kappa shape index (κ3) is 4.40. The summed E-state index contributed by atoms with van der Waals surface area (Å²) in [7, 11) is 0. The third-order valence-corrected chi connectivity index (χ3v) is 9.23. The van der Waals surface area contributed by atoms with Crippen LogP contribution in [0.1, 0.15) is 67.4 Å². The Hall–Kier alpha value is -3.76. The second-order valence-corrected chi connectivity index (χ2v) is 11.5. The number of aryl methyl sites for hydroxylation is 1. The number of hydrogen-bond donors (Lipinski definition) is 1. The maximum Gasteiger partial charge on any atom is 0.415 e. The molecule has 6 heterocycles. The van der Waals surface area contributed by atoms with E-state index in [1.54, 1.807) is 21.6 Å². The number of carbonyl (C=O) groups excluding carboxylic acids is 2. The Morgan fingerprint density at radius 3 is 2.61 bits per heavy atom. The second-order valence-electron chi connectivity index (χ2n) is 11.5. The van der Waals surface area contributed by atoms with Gasteiger partial charge in [0.25, 0.3) is 5.56 Å². The van der Waals surface area contributed by atoms with Crippen LogP contribution in [0.4, 0.5) is 4.79 Å². The summed E-state index contributed by atoms with van der Waals surface area (Å²) in [4.78, 5) is 47.6. The zero-order chi connectivity index (χ0) is 28.2. The Morgan fingerprint density at radius 2 is 1.85 bits per heavy atom. The zero-order valence-corrected chi connectivity index (χ0v) is 23.2. The summed E-state index contributed by atoms with van der Waals surface area (Å²) in [6, 6.07) is 7.71. The standard InChI is InChI=1S/C31H34N4O6/c1-2-20-21-14-19(41-31(39)34-12-8-18(9-13-34)33-10-4-3-5-11-33)6-7-25(21)32-27-23(20)16-35-26(27)15-22-24(29(35)37)17-40-30(38)28(22)36/h6-7,14-15,18,28,36H,2-5,8-13,16-17H2,1H3. The Labute approximate surface area is 237 Å². The number of esters is 1. The van der Waals surface area contributed by atoms with Gasteiger partial charge in [-0.3, -0.25) is 4.79 Å². The van der Waals surface area contributed by atoms with Crippen molar-refractivity contribution in [2.45, 2.75) is 70.7 Å². The summed E-state index contributed by atoms with van der Waals surface area (Å²) >= 11 is 0. The van der Waals surface area contributed by atoms with Gasteiger partial charge in [0.15, 0.2) is 6.10 Å². The van der Waals surface area contributed by atoms with Crippen LogP contribution in [-0.2, 0) is 29.1 Å². The van der Waals surface area contributed by atoms with Gasteiger partial charge in [0, 0.05) is 35.6 Å². The molecule has 0 bridgehead atoms. The number of piperidine rings is 2. The molecule has 0 saturated carbocycles. The number of pyridine rings is 2. The summed E-state index contributed by atoms with van der Waals surface area (Å²) in [6.07, 6.45) is 4.69. The highest BCUT2D eigenvalue weighted by atomic mass is 16.6. The fraction of sp³-hybridized carbons (Fsp3) is 0.484. The van der Waals surface area contributed by atoms with Crippen LogP contribution in [0.5, 0.6) is 5.75 Å². The first-order valence-corrected chi connectivity index (χ1v) is 14.7. The summed E-state index contributed by atoms with van der Waals surface area (Å²) in [6.45, 7) is 5.97. The molecule has 214 valence electrons. The molecule has 1 amide bonds. The fourth-order valence-corrected chi connectivity index (χ4v) is 7.02. The lowest BCUT2D eigenvalue weighted by Gasteiger charge is -2.39. The number of cyclic esters (lactones) is 1. The van der Waals surface area contributed by atoms with E-state index in [1.165, 1.54) is 32.4 Å². The van der Waals surface area contributed by atoms with E-state index < -0.39 is 12.1 Å². The maximum absolute atomic E-state index is 13.3. The smallest absolute Gasteiger partial charge is 0.415 e. The van der Waals surface area contributed by atoms with E-state index >= 15 is 0 Å². The van der Waals surface area contributed by atoms with Crippen molar-refractivity contribution in [1.29, 1.82) is 0 Å². The molecule has 1 aromatic carbocycles. The van der Waals surface area contributed by atoms with Crippen LogP contribution in [0.2, 0.25) is 0 Å². The number of likely N-dealkylation sites (tertiary alicyclic amines) is 2. The number of rotatable bonds is 3. The van der Waals surface area contributed by atoms with Gasteiger partial charge in [-0.15, -0.1) is 0 Å². The average Bonchev–Trinajstić information content (AvgIpc) is 3.37. The molecule has 0 aliphatic carbocycles. The largest absolute Gasteiger partial charge is 0.458 e. The number of amides is 1. The average molecular weight is 559 g/mol. The van der Waals surface area contributed by atoms with Crippen molar-refractivity contribution in [2.24, 2.45) is 0 Å². The van der Waals surface area contributed by atoms with E-state index in [1.807, 2.05) is 19.1 Å². The fourth-order valence-electron chi connectivity index (χ4n) is 7.02. The van der Waals surface area contributed by atoms with Crippen molar-refractivity contribution in [1.82, 2.24) is 19.4 Å². The number of ether oxygens (including phenoxy) is 2. The molecule has 0 radical (unpaired) electrons. The van der Waals surface area contributed by atoms with Crippen LogP contribution in [0.15, 0.2) is 29.1 Å². The van der Waals surface area contributed by atoms with Crippen LogP contribution in [-0.4, -0.2) is 68.7 Å². The molecule has 1 unspecified atom stereocenters. The van der Waals surface area contributed by atoms with Gasteiger partial charge in [-0.25, -0.2) is 14.6 Å². The van der Waals surface area contributed by atoms with E-state index in [0.717, 1.165) is 34.9 Å². The highest BCUT2D eigenvalue weighted by molar-refractivity contribution is 5.90. The molecule has 1 N–H and O–H groups in total. The van der Waals surface area contributed by atoms with Crippen molar-refractivity contribution in [3.63, 3.8) is 0 Å². The molecule has 4 aliphatic heterocycles. The predicted molar refractivity (Wildman–Crippen MR) is 151 cm³/mol. The van der Waals surface area contributed by atoms with Crippen molar-refractivity contribution in [2.75, 3.05) is 26.2 Å².